The minimum atomic E-state index is -3.31. The minimum Gasteiger partial charge on any atom is -0.490 e. The van der Waals surface area contributed by atoms with E-state index in [9.17, 15) is 8.42 Å². The van der Waals surface area contributed by atoms with Crippen molar-refractivity contribution in [1.29, 1.82) is 0 Å². The van der Waals surface area contributed by atoms with Crippen molar-refractivity contribution in [3.05, 3.63) is 24.3 Å². The Morgan fingerprint density at radius 2 is 2.00 bits per heavy atom. The van der Waals surface area contributed by atoms with Gasteiger partial charge >= 0.3 is 0 Å². The first-order valence-electron chi connectivity index (χ1n) is 6.95. The molecule has 0 saturated heterocycles. The Labute approximate surface area is 121 Å². The molecule has 5 nitrogen and oxygen atoms in total. The summed E-state index contributed by atoms with van der Waals surface area (Å²) in [6, 6.07) is 7.05. The van der Waals surface area contributed by atoms with Gasteiger partial charge in [0.15, 0.2) is 0 Å². The van der Waals surface area contributed by atoms with Crippen LogP contribution in [0.25, 0.3) is 0 Å². The van der Waals surface area contributed by atoms with Gasteiger partial charge in [-0.3, -0.25) is 0 Å². The Morgan fingerprint density at radius 1 is 1.30 bits per heavy atom. The lowest BCUT2D eigenvalue weighted by atomic mass is 10.1. The summed E-state index contributed by atoms with van der Waals surface area (Å²) in [6.45, 7) is 4.11. The van der Waals surface area contributed by atoms with Gasteiger partial charge in [-0.1, -0.05) is 32.4 Å². The molecule has 0 radical (unpaired) electrons. The monoisotopic (exact) mass is 300 g/mol. The maximum absolute atomic E-state index is 11.9. The van der Waals surface area contributed by atoms with Crippen molar-refractivity contribution in [2.75, 3.05) is 18.1 Å². The quantitative estimate of drug-likeness (QED) is 0.685. The minimum absolute atomic E-state index is 0.00629. The van der Waals surface area contributed by atoms with E-state index in [1.54, 1.807) is 24.3 Å². The molecule has 0 fully saturated rings. The number of nitrogens with two attached hydrogens (primary N) is 1. The number of nitrogens with one attached hydrogen (secondary N) is 1. The van der Waals surface area contributed by atoms with Gasteiger partial charge in [-0.15, -0.1) is 0 Å². The molecule has 114 valence electrons. The van der Waals surface area contributed by atoms with Crippen LogP contribution in [0.2, 0.25) is 0 Å². The molecule has 0 heterocycles. The average molecular weight is 300 g/mol. The van der Waals surface area contributed by atoms with Crippen LogP contribution in [0.5, 0.6) is 5.75 Å². The van der Waals surface area contributed by atoms with Gasteiger partial charge in [-0.05, 0) is 25.0 Å². The third-order valence-electron chi connectivity index (χ3n) is 3.00. The van der Waals surface area contributed by atoms with Gasteiger partial charge in [0, 0.05) is 6.04 Å². The van der Waals surface area contributed by atoms with E-state index in [4.69, 9.17) is 10.5 Å². The number of anilines is 1. The maximum Gasteiger partial charge on any atom is 0.215 e. The van der Waals surface area contributed by atoms with Crippen LogP contribution in [-0.2, 0) is 10.0 Å². The molecule has 1 rings (SSSR count). The van der Waals surface area contributed by atoms with Gasteiger partial charge in [0.1, 0.15) is 12.4 Å². The standard InChI is InChI=1S/C14H24N2O3S/c1-3-7-12(4-2)16-20(17,18)11-10-19-14-9-6-5-8-13(14)15/h5-6,8-9,12,16H,3-4,7,10-11,15H2,1-2H3. The second kappa shape index (κ2) is 8.11. The van der Waals surface area contributed by atoms with Crippen LogP contribution >= 0.6 is 0 Å². The number of hydrogen-bond acceptors (Lipinski definition) is 4. The Balaban J connectivity index is 2.45. The van der Waals surface area contributed by atoms with Crippen LogP contribution in [-0.4, -0.2) is 26.8 Å². The first-order chi connectivity index (χ1) is 9.48. The lowest BCUT2D eigenvalue weighted by Crippen LogP contribution is -2.37. The smallest absolute Gasteiger partial charge is 0.215 e. The molecule has 1 aromatic rings. The summed E-state index contributed by atoms with van der Waals surface area (Å²) in [7, 11) is -3.31. The Kier molecular flexibility index (Phi) is 6.81. The van der Waals surface area contributed by atoms with E-state index >= 15 is 0 Å². The fraction of sp³-hybridized carbons (Fsp3) is 0.571. The lowest BCUT2D eigenvalue weighted by molar-refractivity contribution is 0.341. The molecule has 0 bridgehead atoms. The third kappa shape index (κ3) is 5.79. The number of hydrogen-bond donors (Lipinski definition) is 2. The van der Waals surface area contributed by atoms with Crippen molar-refractivity contribution in [1.82, 2.24) is 4.72 Å². The fourth-order valence-electron chi connectivity index (χ4n) is 1.88. The first-order valence-corrected chi connectivity index (χ1v) is 8.61. The van der Waals surface area contributed by atoms with E-state index in [0.29, 0.717) is 11.4 Å². The van der Waals surface area contributed by atoms with Gasteiger partial charge in [0.25, 0.3) is 0 Å². The fourth-order valence-corrected chi connectivity index (χ4v) is 3.09. The molecule has 0 aromatic heterocycles. The zero-order valence-electron chi connectivity index (χ0n) is 12.1. The van der Waals surface area contributed by atoms with Crippen molar-refractivity contribution in [3.8, 4) is 5.75 Å². The number of benzene rings is 1. The summed E-state index contributed by atoms with van der Waals surface area (Å²) in [4.78, 5) is 0. The maximum atomic E-state index is 11.9. The number of sulfonamides is 1. The summed E-state index contributed by atoms with van der Waals surface area (Å²) in [5.74, 6) is 0.449. The van der Waals surface area contributed by atoms with Gasteiger partial charge < -0.3 is 10.5 Å². The van der Waals surface area contributed by atoms with Crippen molar-refractivity contribution >= 4 is 15.7 Å². The largest absolute Gasteiger partial charge is 0.490 e. The Bertz CT molecular complexity index is 503. The number of ether oxygens (including phenoxy) is 1. The molecule has 1 atom stereocenters. The van der Waals surface area contributed by atoms with Crippen molar-refractivity contribution in [3.63, 3.8) is 0 Å². The van der Waals surface area contributed by atoms with Crippen LogP contribution in [0.1, 0.15) is 33.1 Å². The van der Waals surface area contributed by atoms with E-state index in [0.717, 1.165) is 19.3 Å². The van der Waals surface area contributed by atoms with Gasteiger partial charge in [-0.2, -0.15) is 0 Å². The van der Waals surface area contributed by atoms with E-state index < -0.39 is 10.0 Å². The zero-order chi connectivity index (χ0) is 15.0. The molecule has 0 aliphatic heterocycles. The zero-order valence-corrected chi connectivity index (χ0v) is 12.9. The molecule has 0 aliphatic rings. The normalized spacial score (nSPS) is 13.1. The molecular weight excluding hydrogens is 276 g/mol. The Hall–Kier alpha value is -1.27. The Morgan fingerprint density at radius 3 is 2.60 bits per heavy atom. The van der Waals surface area contributed by atoms with E-state index in [1.165, 1.54) is 0 Å². The van der Waals surface area contributed by atoms with Crippen LogP contribution in [0.3, 0.4) is 0 Å². The average Bonchev–Trinajstić information content (AvgIpc) is 2.40. The molecule has 0 spiro atoms. The predicted molar refractivity (Wildman–Crippen MR) is 82.3 cm³/mol. The number of nitrogen functional groups attached to an aromatic ring is 1. The molecule has 6 heteroatoms. The van der Waals surface area contributed by atoms with Crippen molar-refractivity contribution in [2.45, 2.75) is 39.2 Å². The van der Waals surface area contributed by atoms with Crippen molar-refractivity contribution in [2.24, 2.45) is 0 Å². The molecule has 0 saturated carbocycles. The van der Waals surface area contributed by atoms with Gasteiger partial charge in [0.05, 0.1) is 11.4 Å². The molecule has 20 heavy (non-hydrogen) atoms. The van der Waals surface area contributed by atoms with Crippen LogP contribution in [0, 0.1) is 0 Å². The number of para-hydroxylation sites is 2. The number of rotatable bonds is 9. The van der Waals surface area contributed by atoms with Crippen LogP contribution < -0.4 is 15.2 Å². The van der Waals surface area contributed by atoms with Crippen LogP contribution in [0.15, 0.2) is 24.3 Å². The molecule has 1 aromatic carbocycles. The van der Waals surface area contributed by atoms with Gasteiger partial charge in [0.2, 0.25) is 10.0 Å². The van der Waals surface area contributed by atoms with E-state index in [-0.39, 0.29) is 18.4 Å². The summed E-state index contributed by atoms with van der Waals surface area (Å²) in [6.07, 6.45) is 2.60. The summed E-state index contributed by atoms with van der Waals surface area (Å²) in [5.41, 5.74) is 6.23. The lowest BCUT2D eigenvalue weighted by Gasteiger charge is -2.16. The summed E-state index contributed by atoms with van der Waals surface area (Å²) in [5, 5.41) is 0. The molecule has 0 aliphatic carbocycles. The predicted octanol–water partition coefficient (Wildman–Crippen LogP) is 2.15. The summed E-state index contributed by atoms with van der Waals surface area (Å²) >= 11 is 0. The molecule has 0 amide bonds. The highest BCUT2D eigenvalue weighted by Crippen LogP contribution is 2.19. The highest BCUT2D eigenvalue weighted by atomic mass is 32.2. The van der Waals surface area contributed by atoms with E-state index in [1.807, 2.05) is 13.8 Å². The third-order valence-corrected chi connectivity index (χ3v) is 4.40. The van der Waals surface area contributed by atoms with Crippen LogP contribution in [0.4, 0.5) is 5.69 Å². The van der Waals surface area contributed by atoms with Gasteiger partial charge in [-0.25, -0.2) is 13.1 Å². The highest BCUT2D eigenvalue weighted by Gasteiger charge is 2.16. The molecular formula is C14H24N2O3S. The van der Waals surface area contributed by atoms with Crippen molar-refractivity contribution < 1.29 is 13.2 Å². The van der Waals surface area contributed by atoms with E-state index in [2.05, 4.69) is 4.72 Å². The molecule has 3 N–H and O–H groups in total. The summed E-state index contributed by atoms with van der Waals surface area (Å²) < 4.78 is 32.0. The second-order valence-corrected chi connectivity index (χ2v) is 6.59. The highest BCUT2D eigenvalue weighted by molar-refractivity contribution is 7.89. The topological polar surface area (TPSA) is 81.4 Å². The SMILES string of the molecule is CCCC(CC)NS(=O)(=O)CCOc1ccccc1N. The molecule has 1 unspecified atom stereocenters. The second-order valence-electron chi connectivity index (χ2n) is 4.72. The first kappa shape index (κ1) is 16.8.